The first-order valence-corrected chi connectivity index (χ1v) is 11.8. The molecule has 0 unspecified atom stereocenters. The van der Waals surface area contributed by atoms with E-state index in [-0.39, 0.29) is 22.7 Å². The van der Waals surface area contributed by atoms with Gasteiger partial charge in [0.15, 0.2) is 0 Å². The Bertz CT molecular complexity index is 1010. The van der Waals surface area contributed by atoms with Crippen LogP contribution in [0.3, 0.4) is 0 Å². The average Bonchev–Trinajstić information content (AvgIpc) is 3.06. The van der Waals surface area contributed by atoms with Gasteiger partial charge < -0.3 is 9.47 Å². The first-order chi connectivity index (χ1) is 15.1. The number of rotatable bonds is 3. The van der Waals surface area contributed by atoms with E-state index in [1.807, 2.05) is 30.3 Å². The van der Waals surface area contributed by atoms with Gasteiger partial charge in [0.2, 0.25) is 0 Å². The van der Waals surface area contributed by atoms with Crippen molar-refractivity contribution < 1.29 is 14.3 Å². The van der Waals surface area contributed by atoms with Crippen LogP contribution < -0.4 is 9.64 Å². The number of hydrogen-bond acceptors (Lipinski definition) is 4. The molecule has 0 aromatic heterocycles. The van der Waals surface area contributed by atoms with Crippen LogP contribution in [-0.2, 0) is 16.7 Å². The highest BCUT2D eigenvalue weighted by atomic mass is 16.6. The number of anilines is 1. The SMILES string of the molecule is CC1(C)CC(C)(C)c2cc(CN3CCC4(CC3)CN(c3ccccc3)C(=O)O4)ccc2O1. The third-order valence-electron chi connectivity index (χ3n) is 7.24. The molecule has 2 aromatic carbocycles. The van der Waals surface area contributed by atoms with Gasteiger partial charge in [-0.2, -0.15) is 0 Å². The van der Waals surface area contributed by atoms with Gasteiger partial charge in [-0.1, -0.05) is 44.2 Å². The number of para-hydroxylation sites is 1. The molecule has 0 N–H and O–H groups in total. The number of amides is 1. The number of benzene rings is 2. The van der Waals surface area contributed by atoms with E-state index >= 15 is 0 Å². The summed E-state index contributed by atoms with van der Waals surface area (Å²) in [5, 5.41) is 0. The smallest absolute Gasteiger partial charge is 0.415 e. The Morgan fingerprint density at radius 3 is 2.38 bits per heavy atom. The van der Waals surface area contributed by atoms with Gasteiger partial charge in [-0.3, -0.25) is 9.80 Å². The molecule has 1 amide bonds. The molecule has 170 valence electrons. The van der Waals surface area contributed by atoms with Crippen LogP contribution in [0.5, 0.6) is 5.75 Å². The molecule has 0 atom stereocenters. The number of fused-ring (bicyclic) bond motifs is 1. The number of carbonyl (C=O) groups excluding carboxylic acids is 1. The number of carbonyl (C=O) groups is 1. The zero-order valence-electron chi connectivity index (χ0n) is 19.7. The molecule has 0 radical (unpaired) electrons. The second-order valence-electron chi connectivity index (χ2n) is 11.0. The quantitative estimate of drug-likeness (QED) is 0.638. The Kier molecular flexibility index (Phi) is 5.01. The van der Waals surface area contributed by atoms with Crippen molar-refractivity contribution in [1.82, 2.24) is 4.90 Å². The molecule has 3 aliphatic rings. The second kappa shape index (κ2) is 7.51. The number of hydrogen-bond donors (Lipinski definition) is 0. The molecule has 1 spiro atoms. The van der Waals surface area contributed by atoms with Crippen LogP contribution in [0, 0.1) is 0 Å². The summed E-state index contributed by atoms with van der Waals surface area (Å²) in [6, 6.07) is 16.5. The summed E-state index contributed by atoms with van der Waals surface area (Å²) >= 11 is 0. The molecule has 5 heteroatoms. The van der Waals surface area contributed by atoms with E-state index < -0.39 is 0 Å². The summed E-state index contributed by atoms with van der Waals surface area (Å²) in [5.41, 5.74) is 3.15. The lowest BCUT2D eigenvalue weighted by molar-refractivity contribution is -0.000995. The zero-order valence-corrected chi connectivity index (χ0v) is 19.7. The maximum Gasteiger partial charge on any atom is 0.415 e. The summed E-state index contributed by atoms with van der Waals surface area (Å²) in [7, 11) is 0. The molecule has 32 heavy (non-hydrogen) atoms. The van der Waals surface area contributed by atoms with Gasteiger partial charge in [0, 0.05) is 43.7 Å². The lowest BCUT2D eigenvalue weighted by atomic mass is 9.73. The lowest BCUT2D eigenvalue weighted by Crippen LogP contribution is -2.46. The summed E-state index contributed by atoms with van der Waals surface area (Å²) in [5.74, 6) is 1.02. The van der Waals surface area contributed by atoms with E-state index in [4.69, 9.17) is 9.47 Å². The fourth-order valence-corrected chi connectivity index (χ4v) is 5.85. The van der Waals surface area contributed by atoms with Crippen LogP contribution in [0.2, 0.25) is 0 Å². The van der Waals surface area contributed by atoms with E-state index in [0.29, 0.717) is 6.54 Å². The molecule has 5 rings (SSSR count). The van der Waals surface area contributed by atoms with Crippen LogP contribution in [0.4, 0.5) is 10.5 Å². The molecular formula is C27H34N2O3. The van der Waals surface area contributed by atoms with Gasteiger partial charge in [-0.25, -0.2) is 4.79 Å². The minimum absolute atomic E-state index is 0.0952. The van der Waals surface area contributed by atoms with Crippen molar-refractivity contribution in [2.75, 3.05) is 24.5 Å². The van der Waals surface area contributed by atoms with Crippen LogP contribution in [0.25, 0.3) is 0 Å². The number of ether oxygens (including phenoxy) is 2. The zero-order chi connectivity index (χ0) is 22.6. The summed E-state index contributed by atoms with van der Waals surface area (Å²) in [6.45, 7) is 12.4. The third kappa shape index (κ3) is 3.99. The van der Waals surface area contributed by atoms with Crippen molar-refractivity contribution in [3.05, 3.63) is 59.7 Å². The maximum absolute atomic E-state index is 12.5. The largest absolute Gasteiger partial charge is 0.488 e. The van der Waals surface area contributed by atoms with E-state index in [1.165, 1.54) is 11.1 Å². The second-order valence-corrected chi connectivity index (χ2v) is 11.0. The van der Waals surface area contributed by atoms with Crippen molar-refractivity contribution in [2.24, 2.45) is 0 Å². The van der Waals surface area contributed by atoms with E-state index in [0.717, 1.165) is 50.3 Å². The molecule has 2 saturated heterocycles. The van der Waals surface area contributed by atoms with Gasteiger partial charge in [0.1, 0.15) is 17.0 Å². The molecule has 5 nitrogen and oxygen atoms in total. The van der Waals surface area contributed by atoms with Crippen LogP contribution in [0.15, 0.2) is 48.5 Å². The predicted molar refractivity (Wildman–Crippen MR) is 126 cm³/mol. The van der Waals surface area contributed by atoms with Crippen LogP contribution >= 0.6 is 0 Å². The predicted octanol–water partition coefficient (Wildman–Crippen LogP) is 5.52. The Morgan fingerprint density at radius 2 is 1.66 bits per heavy atom. The molecule has 3 aliphatic heterocycles. The van der Waals surface area contributed by atoms with Gasteiger partial charge in [0.05, 0.1) is 6.54 Å². The Balaban J connectivity index is 1.24. The topological polar surface area (TPSA) is 42.0 Å². The molecule has 0 aliphatic carbocycles. The monoisotopic (exact) mass is 434 g/mol. The van der Waals surface area contributed by atoms with E-state index in [2.05, 4.69) is 50.8 Å². The molecule has 0 bridgehead atoms. The summed E-state index contributed by atoms with van der Waals surface area (Å²) < 4.78 is 12.2. The molecule has 3 heterocycles. The molecule has 2 fully saturated rings. The van der Waals surface area contributed by atoms with Gasteiger partial charge in [0.25, 0.3) is 0 Å². The van der Waals surface area contributed by atoms with Crippen molar-refractivity contribution in [3.8, 4) is 5.75 Å². The summed E-state index contributed by atoms with van der Waals surface area (Å²) in [4.78, 5) is 16.8. The maximum atomic E-state index is 12.5. The van der Waals surface area contributed by atoms with Crippen molar-refractivity contribution >= 4 is 11.8 Å². The Morgan fingerprint density at radius 1 is 0.938 bits per heavy atom. The normalized spacial score (nSPS) is 23.5. The van der Waals surface area contributed by atoms with Gasteiger partial charge in [-0.05, 0) is 49.4 Å². The standard InChI is InChI=1S/C27H34N2O3/c1-25(2)18-26(3,4)31-23-11-10-20(16-22(23)25)17-28-14-12-27(13-15-28)19-29(24(30)32-27)21-8-6-5-7-9-21/h5-11,16H,12-15,17-19H2,1-4H3. The molecule has 0 saturated carbocycles. The van der Waals surface area contributed by atoms with Crippen molar-refractivity contribution in [2.45, 2.75) is 70.1 Å². The summed E-state index contributed by atoms with van der Waals surface area (Å²) in [6.07, 6.45) is 2.53. The fourth-order valence-electron chi connectivity index (χ4n) is 5.85. The van der Waals surface area contributed by atoms with E-state index in [9.17, 15) is 4.79 Å². The molecular weight excluding hydrogens is 400 g/mol. The Labute approximate surface area is 191 Å². The third-order valence-corrected chi connectivity index (χ3v) is 7.24. The van der Waals surface area contributed by atoms with Gasteiger partial charge in [-0.15, -0.1) is 0 Å². The fraction of sp³-hybridized carbons (Fsp3) is 0.519. The number of piperidine rings is 1. The van der Waals surface area contributed by atoms with Gasteiger partial charge >= 0.3 is 6.09 Å². The average molecular weight is 435 g/mol. The van der Waals surface area contributed by atoms with Crippen LogP contribution in [0.1, 0.15) is 58.1 Å². The lowest BCUT2D eigenvalue weighted by Gasteiger charge is -2.43. The van der Waals surface area contributed by atoms with Crippen LogP contribution in [-0.4, -0.2) is 41.8 Å². The van der Waals surface area contributed by atoms with E-state index in [1.54, 1.807) is 4.90 Å². The first kappa shape index (κ1) is 21.3. The minimum Gasteiger partial charge on any atom is -0.488 e. The highest BCUT2D eigenvalue weighted by molar-refractivity contribution is 5.90. The highest BCUT2D eigenvalue weighted by Gasteiger charge is 2.47. The van der Waals surface area contributed by atoms with Crippen molar-refractivity contribution in [1.29, 1.82) is 0 Å². The highest BCUT2D eigenvalue weighted by Crippen LogP contribution is 2.45. The molecule has 2 aromatic rings. The Hall–Kier alpha value is -2.53. The number of likely N-dealkylation sites (tertiary alicyclic amines) is 1. The van der Waals surface area contributed by atoms with Crippen molar-refractivity contribution in [3.63, 3.8) is 0 Å². The first-order valence-electron chi connectivity index (χ1n) is 11.8. The minimum atomic E-state index is -0.360. The number of nitrogens with zero attached hydrogens (tertiary/aromatic N) is 2.